The van der Waals surface area contributed by atoms with Crippen LogP contribution in [0.5, 0.6) is 0 Å². The summed E-state index contributed by atoms with van der Waals surface area (Å²) in [6.45, 7) is 2.38. The van der Waals surface area contributed by atoms with E-state index in [0.29, 0.717) is 25.1 Å². The van der Waals surface area contributed by atoms with Crippen molar-refractivity contribution in [2.75, 3.05) is 13.1 Å². The van der Waals surface area contributed by atoms with E-state index < -0.39 is 15.8 Å². The number of rotatable bonds is 4. The Labute approximate surface area is 128 Å². The summed E-state index contributed by atoms with van der Waals surface area (Å²) < 4.78 is 39.8. The third kappa shape index (κ3) is 4.39. The second kappa shape index (κ2) is 6.29. The summed E-state index contributed by atoms with van der Waals surface area (Å²) in [5.74, 6) is -0.926. The quantitative estimate of drug-likeness (QED) is 0.908. The normalized spacial score (nSPS) is 19.0. The Kier molecular flexibility index (Phi) is 4.85. The van der Waals surface area contributed by atoms with Gasteiger partial charge in [0, 0.05) is 26.1 Å². The molecule has 21 heavy (non-hydrogen) atoms. The molecular weight excluding hydrogens is 319 g/mol. The fraction of sp³-hybridized carbons (Fsp3) is 0.462. The summed E-state index contributed by atoms with van der Waals surface area (Å²) in [6.07, 6.45) is 0.586. The number of hydrogen-bond acceptors (Lipinski definition) is 3. The average molecular weight is 335 g/mol. The molecule has 0 aromatic heterocycles. The van der Waals surface area contributed by atoms with Crippen LogP contribution in [0.2, 0.25) is 5.02 Å². The number of likely N-dealkylation sites (tertiary alicyclic amines) is 1. The molecule has 1 aliphatic rings. The number of amides is 1. The molecule has 1 aromatic carbocycles. The Bertz CT molecular complexity index is 651. The highest BCUT2D eigenvalue weighted by atomic mass is 35.5. The Morgan fingerprint density at radius 3 is 2.81 bits per heavy atom. The highest BCUT2D eigenvalue weighted by Crippen LogP contribution is 2.18. The molecule has 0 bridgehead atoms. The van der Waals surface area contributed by atoms with E-state index >= 15 is 0 Å². The molecule has 1 atom stereocenters. The first-order chi connectivity index (χ1) is 9.77. The minimum Gasteiger partial charge on any atom is -0.341 e. The summed E-state index contributed by atoms with van der Waals surface area (Å²) in [7, 11) is -3.57. The largest absolute Gasteiger partial charge is 0.341 e. The number of hydrogen-bond donors (Lipinski definition) is 1. The Balaban J connectivity index is 1.99. The van der Waals surface area contributed by atoms with E-state index in [9.17, 15) is 17.6 Å². The van der Waals surface area contributed by atoms with Gasteiger partial charge in [-0.25, -0.2) is 17.5 Å². The van der Waals surface area contributed by atoms with E-state index in [1.165, 1.54) is 19.1 Å². The van der Waals surface area contributed by atoms with Crippen LogP contribution in [0.4, 0.5) is 4.39 Å². The first-order valence-electron chi connectivity index (χ1n) is 6.46. The highest BCUT2D eigenvalue weighted by molar-refractivity contribution is 7.88. The van der Waals surface area contributed by atoms with Crippen LogP contribution in [0, 0.1) is 5.82 Å². The zero-order valence-electron chi connectivity index (χ0n) is 11.5. The molecule has 5 nitrogen and oxygen atoms in total. The van der Waals surface area contributed by atoms with Crippen LogP contribution in [-0.4, -0.2) is 38.4 Å². The van der Waals surface area contributed by atoms with Gasteiger partial charge in [0.05, 0.1) is 10.8 Å². The molecule has 0 spiro atoms. The molecule has 1 fully saturated rings. The third-order valence-electron chi connectivity index (χ3n) is 3.32. The maximum Gasteiger partial charge on any atom is 0.219 e. The van der Waals surface area contributed by atoms with Gasteiger partial charge >= 0.3 is 0 Å². The Hall–Kier alpha value is -1.18. The molecule has 1 aromatic rings. The first kappa shape index (κ1) is 16.2. The van der Waals surface area contributed by atoms with Gasteiger partial charge in [0.2, 0.25) is 15.9 Å². The molecule has 0 saturated carbocycles. The van der Waals surface area contributed by atoms with Crippen molar-refractivity contribution >= 4 is 27.5 Å². The minimum absolute atomic E-state index is 0.0676. The van der Waals surface area contributed by atoms with Crippen molar-refractivity contribution in [2.24, 2.45) is 0 Å². The van der Waals surface area contributed by atoms with E-state index in [-0.39, 0.29) is 22.7 Å². The maximum absolute atomic E-state index is 13.0. The van der Waals surface area contributed by atoms with Crippen molar-refractivity contribution in [3.05, 3.63) is 34.6 Å². The monoisotopic (exact) mass is 334 g/mol. The second-order valence-electron chi connectivity index (χ2n) is 5.08. The molecule has 1 heterocycles. The molecule has 0 unspecified atom stereocenters. The van der Waals surface area contributed by atoms with E-state index in [4.69, 9.17) is 11.6 Å². The highest BCUT2D eigenvalue weighted by Gasteiger charge is 2.27. The summed E-state index contributed by atoms with van der Waals surface area (Å²) in [6, 6.07) is 3.54. The van der Waals surface area contributed by atoms with Crippen LogP contribution in [-0.2, 0) is 20.6 Å². The summed E-state index contributed by atoms with van der Waals surface area (Å²) >= 11 is 5.63. The number of carbonyl (C=O) groups is 1. The number of carbonyl (C=O) groups excluding carboxylic acids is 1. The predicted octanol–water partition coefficient (Wildman–Crippen LogP) is 1.52. The standard InChI is InChI=1S/C13H16ClFN2O3S/c1-9(18)17-5-4-11(7-17)16-21(19,20)8-10-2-3-13(15)12(14)6-10/h2-3,6,11,16H,4-5,7-8H2,1H3/t11-/m1/s1. The van der Waals surface area contributed by atoms with Gasteiger partial charge in [-0.2, -0.15) is 0 Å². The maximum atomic E-state index is 13.0. The van der Waals surface area contributed by atoms with Crippen molar-refractivity contribution < 1.29 is 17.6 Å². The fourth-order valence-electron chi connectivity index (χ4n) is 2.29. The van der Waals surface area contributed by atoms with Crippen molar-refractivity contribution in [2.45, 2.75) is 25.1 Å². The molecule has 116 valence electrons. The van der Waals surface area contributed by atoms with Crippen LogP contribution >= 0.6 is 11.6 Å². The van der Waals surface area contributed by atoms with Gasteiger partial charge in [-0.1, -0.05) is 17.7 Å². The van der Waals surface area contributed by atoms with Gasteiger partial charge < -0.3 is 4.90 Å². The van der Waals surface area contributed by atoms with E-state index in [2.05, 4.69) is 4.72 Å². The molecule has 1 amide bonds. The number of halogens is 2. The second-order valence-corrected chi connectivity index (χ2v) is 7.24. The van der Waals surface area contributed by atoms with Crippen molar-refractivity contribution in [3.63, 3.8) is 0 Å². The molecule has 1 saturated heterocycles. The third-order valence-corrected chi connectivity index (χ3v) is 5.02. The predicted molar refractivity (Wildman–Crippen MR) is 77.8 cm³/mol. The summed E-state index contributed by atoms with van der Waals surface area (Å²) in [5.41, 5.74) is 0.412. The molecule has 1 aliphatic heterocycles. The number of nitrogens with one attached hydrogen (secondary N) is 1. The first-order valence-corrected chi connectivity index (χ1v) is 8.49. The van der Waals surface area contributed by atoms with Crippen LogP contribution in [0.25, 0.3) is 0 Å². The SMILES string of the molecule is CC(=O)N1CC[C@@H](NS(=O)(=O)Cc2ccc(F)c(Cl)c2)C1. The molecular formula is C13H16ClFN2O3S. The van der Waals surface area contributed by atoms with Gasteiger partial charge in [-0.3, -0.25) is 4.79 Å². The average Bonchev–Trinajstić information content (AvgIpc) is 2.81. The lowest BCUT2D eigenvalue weighted by molar-refractivity contribution is -0.127. The van der Waals surface area contributed by atoms with E-state index in [0.717, 1.165) is 6.07 Å². The van der Waals surface area contributed by atoms with Gasteiger partial charge in [0.25, 0.3) is 0 Å². The van der Waals surface area contributed by atoms with Crippen molar-refractivity contribution in [3.8, 4) is 0 Å². The fourth-order valence-corrected chi connectivity index (χ4v) is 3.89. The number of nitrogens with zero attached hydrogens (tertiary/aromatic N) is 1. The zero-order chi connectivity index (χ0) is 15.6. The van der Waals surface area contributed by atoms with Gasteiger partial charge in [0.15, 0.2) is 0 Å². The van der Waals surface area contributed by atoms with E-state index in [1.807, 2.05) is 0 Å². The Morgan fingerprint density at radius 2 is 2.24 bits per heavy atom. The van der Waals surface area contributed by atoms with Crippen LogP contribution < -0.4 is 4.72 Å². The van der Waals surface area contributed by atoms with Crippen LogP contribution in [0.15, 0.2) is 18.2 Å². The lowest BCUT2D eigenvalue weighted by Gasteiger charge is -2.15. The topological polar surface area (TPSA) is 66.5 Å². The lowest BCUT2D eigenvalue weighted by atomic mass is 10.2. The number of sulfonamides is 1. The van der Waals surface area contributed by atoms with E-state index in [1.54, 1.807) is 4.90 Å². The molecule has 0 radical (unpaired) electrons. The van der Waals surface area contributed by atoms with Gasteiger partial charge in [-0.15, -0.1) is 0 Å². The van der Waals surface area contributed by atoms with Crippen molar-refractivity contribution in [1.82, 2.24) is 9.62 Å². The summed E-state index contributed by atoms with van der Waals surface area (Å²) in [4.78, 5) is 12.8. The van der Waals surface area contributed by atoms with Crippen LogP contribution in [0.1, 0.15) is 18.9 Å². The smallest absolute Gasteiger partial charge is 0.219 e. The van der Waals surface area contributed by atoms with Gasteiger partial charge in [-0.05, 0) is 24.1 Å². The summed E-state index contributed by atoms with van der Waals surface area (Å²) in [5, 5.41) is -0.105. The molecule has 2 rings (SSSR count). The Morgan fingerprint density at radius 1 is 1.52 bits per heavy atom. The molecule has 1 N–H and O–H groups in total. The van der Waals surface area contributed by atoms with Gasteiger partial charge in [0.1, 0.15) is 5.82 Å². The zero-order valence-corrected chi connectivity index (χ0v) is 13.0. The number of benzene rings is 1. The molecule has 0 aliphatic carbocycles. The molecule has 8 heteroatoms. The minimum atomic E-state index is -3.57. The van der Waals surface area contributed by atoms with Crippen molar-refractivity contribution in [1.29, 1.82) is 0 Å². The van der Waals surface area contributed by atoms with Crippen LogP contribution in [0.3, 0.4) is 0 Å². The lowest BCUT2D eigenvalue weighted by Crippen LogP contribution is -2.38.